The molecule has 2 amide bonds. The Bertz CT molecular complexity index is 1320. The summed E-state index contributed by atoms with van der Waals surface area (Å²) in [6, 6.07) is 18.4. The zero-order valence-electron chi connectivity index (χ0n) is 19.6. The second kappa shape index (κ2) is 9.72. The molecule has 0 saturated heterocycles. The highest BCUT2D eigenvalue weighted by atomic mass is 16.5. The Labute approximate surface area is 204 Å². The number of carbonyl (C=O) groups excluding carboxylic acids is 3. The Morgan fingerprint density at radius 1 is 0.943 bits per heavy atom. The molecule has 7 heteroatoms. The van der Waals surface area contributed by atoms with E-state index in [1.165, 1.54) is 11.1 Å². The number of hydrogen-bond acceptors (Lipinski definition) is 5. The summed E-state index contributed by atoms with van der Waals surface area (Å²) in [5.41, 5.74) is 5.88. The molecule has 2 aliphatic heterocycles. The molecule has 0 unspecified atom stereocenters. The fourth-order valence-electron chi connectivity index (χ4n) is 4.51. The van der Waals surface area contributed by atoms with E-state index in [0.717, 1.165) is 36.3 Å². The summed E-state index contributed by atoms with van der Waals surface area (Å²) < 4.78 is 5.39. The van der Waals surface area contributed by atoms with Gasteiger partial charge in [-0.2, -0.15) is 0 Å². The van der Waals surface area contributed by atoms with Crippen molar-refractivity contribution < 1.29 is 19.1 Å². The van der Waals surface area contributed by atoms with Crippen LogP contribution in [0.5, 0.6) is 5.75 Å². The lowest BCUT2D eigenvalue weighted by Gasteiger charge is -2.25. The molecule has 5 rings (SSSR count). The van der Waals surface area contributed by atoms with Gasteiger partial charge in [0.2, 0.25) is 0 Å². The van der Waals surface area contributed by atoms with E-state index in [1.54, 1.807) is 36.4 Å². The molecule has 3 aromatic rings. The van der Waals surface area contributed by atoms with Crippen molar-refractivity contribution in [1.82, 2.24) is 10.2 Å². The highest BCUT2D eigenvalue weighted by Gasteiger charge is 2.19. The summed E-state index contributed by atoms with van der Waals surface area (Å²) in [5, 5.41) is 5.88. The summed E-state index contributed by atoms with van der Waals surface area (Å²) in [5.74, 6) is 0.194. The van der Waals surface area contributed by atoms with Crippen LogP contribution in [-0.4, -0.2) is 42.7 Å². The van der Waals surface area contributed by atoms with E-state index in [0.29, 0.717) is 16.9 Å². The molecule has 0 aliphatic carbocycles. The SMILES string of the molecule is CN1CCc2ccc(NC(=O)c3cccc(CNC(=O)c4ccc5c(c4)CC(=O)CO5)c3)cc2C1. The zero-order chi connectivity index (χ0) is 24.4. The minimum absolute atomic E-state index is 0.00660. The van der Waals surface area contributed by atoms with Crippen molar-refractivity contribution >= 4 is 23.3 Å². The fraction of sp³-hybridized carbons (Fsp3) is 0.250. The van der Waals surface area contributed by atoms with Gasteiger partial charge >= 0.3 is 0 Å². The smallest absolute Gasteiger partial charge is 0.255 e. The number of nitrogens with one attached hydrogen (secondary N) is 2. The van der Waals surface area contributed by atoms with Crippen LogP contribution in [0.3, 0.4) is 0 Å². The first-order chi connectivity index (χ1) is 16.9. The molecular formula is C28H27N3O4. The minimum atomic E-state index is -0.250. The number of fused-ring (bicyclic) bond motifs is 2. The summed E-state index contributed by atoms with van der Waals surface area (Å²) >= 11 is 0. The van der Waals surface area contributed by atoms with Crippen molar-refractivity contribution in [2.75, 3.05) is 25.5 Å². The molecule has 0 fully saturated rings. The van der Waals surface area contributed by atoms with Crippen LogP contribution in [-0.2, 0) is 30.7 Å². The van der Waals surface area contributed by atoms with Crippen LogP contribution in [0.4, 0.5) is 5.69 Å². The first-order valence-electron chi connectivity index (χ1n) is 11.7. The van der Waals surface area contributed by atoms with Crippen LogP contribution in [0.25, 0.3) is 0 Å². The van der Waals surface area contributed by atoms with Crippen molar-refractivity contribution in [3.63, 3.8) is 0 Å². The molecule has 2 N–H and O–H groups in total. The third-order valence-corrected chi connectivity index (χ3v) is 6.41. The molecule has 7 nitrogen and oxygen atoms in total. The molecule has 0 saturated carbocycles. The van der Waals surface area contributed by atoms with Gasteiger partial charge in [-0.05, 0) is 72.6 Å². The van der Waals surface area contributed by atoms with Crippen LogP contribution in [0, 0.1) is 0 Å². The highest BCUT2D eigenvalue weighted by molar-refractivity contribution is 6.04. The van der Waals surface area contributed by atoms with Crippen molar-refractivity contribution in [2.45, 2.75) is 25.9 Å². The number of likely N-dealkylation sites (N-methyl/N-ethyl adjacent to an activating group) is 1. The van der Waals surface area contributed by atoms with Crippen molar-refractivity contribution in [2.24, 2.45) is 0 Å². The van der Waals surface area contributed by atoms with E-state index in [2.05, 4.69) is 28.6 Å². The minimum Gasteiger partial charge on any atom is -0.486 e. The second-order valence-electron chi connectivity index (χ2n) is 9.14. The van der Waals surface area contributed by atoms with Crippen LogP contribution < -0.4 is 15.4 Å². The maximum absolute atomic E-state index is 12.9. The number of hydrogen-bond donors (Lipinski definition) is 2. The predicted molar refractivity (Wildman–Crippen MR) is 133 cm³/mol. The number of nitrogens with zero attached hydrogens (tertiary/aromatic N) is 1. The molecule has 2 heterocycles. The highest BCUT2D eigenvalue weighted by Crippen LogP contribution is 2.25. The van der Waals surface area contributed by atoms with Gasteiger partial charge in [0, 0.05) is 48.4 Å². The molecule has 35 heavy (non-hydrogen) atoms. The van der Waals surface area contributed by atoms with Crippen LogP contribution in [0.2, 0.25) is 0 Å². The number of amides is 2. The third kappa shape index (κ3) is 5.25. The van der Waals surface area contributed by atoms with Crippen molar-refractivity contribution in [1.29, 1.82) is 0 Å². The van der Waals surface area contributed by atoms with E-state index in [4.69, 9.17) is 4.74 Å². The van der Waals surface area contributed by atoms with Gasteiger partial charge < -0.3 is 20.3 Å². The number of ketones is 1. The van der Waals surface area contributed by atoms with E-state index in [1.807, 2.05) is 18.2 Å². The molecule has 178 valence electrons. The monoisotopic (exact) mass is 469 g/mol. The fourth-order valence-corrected chi connectivity index (χ4v) is 4.51. The number of rotatable bonds is 5. The molecular weight excluding hydrogens is 442 g/mol. The van der Waals surface area contributed by atoms with Gasteiger partial charge in [-0.15, -0.1) is 0 Å². The lowest BCUT2D eigenvalue weighted by Crippen LogP contribution is -2.26. The molecule has 0 radical (unpaired) electrons. The van der Waals surface area contributed by atoms with Gasteiger partial charge in [0.05, 0.1) is 0 Å². The number of benzene rings is 3. The molecule has 3 aromatic carbocycles. The molecule has 0 atom stereocenters. The van der Waals surface area contributed by atoms with Crippen molar-refractivity contribution in [3.8, 4) is 5.75 Å². The third-order valence-electron chi connectivity index (χ3n) is 6.41. The number of ether oxygens (including phenoxy) is 1. The van der Waals surface area contributed by atoms with E-state index >= 15 is 0 Å². The molecule has 0 bridgehead atoms. The largest absolute Gasteiger partial charge is 0.486 e. The first-order valence-corrected chi connectivity index (χ1v) is 11.7. The molecule has 0 aromatic heterocycles. The maximum Gasteiger partial charge on any atom is 0.255 e. The first kappa shape index (κ1) is 22.8. The molecule has 0 spiro atoms. The summed E-state index contributed by atoms with van der Waals surface area (Å²) in [7, 11) is 2.10. The normalized spacial score (nSPS) is 14.9. The predicted octanol–water partition coefficient (Wildman–Crippen LogP) is 3.36. The van der Waals surface area contributed by atoms with E-state index in [9.17, 15) is 14.4 Å². The van der Waals surface area contributed by atoms with Gasteiger partial charge in [0.15, 0.2) is 5.78 Å². The number of carbonyl (C=O) groups is 3. The second-order valence-corrected chi connectivity index (χ2v) is 9.14. The van der Waals surface area contributed by atoms with Crippen LogP contribution in [0.15, 0.2) is 60.7 Å². The Morgan fingerprint density at radius 2 is 1.80 bits per heavy atom. The van der Waals surface area contributed by atoms with Crippen LogP contribution >= 0.6 is 0 Å². The Morgan fingerprint density at radius 3 is 2.69 bits per heavy atom. The lowest BCUT2D eigenvalue weighted by atomic mass is 9.99. The summed E-state index contributed by atoms with van der Waals surface area (Å²) in [4.78, 5) is 39.4. The maximum atomic E-state index is 12.9. The Kier molecular flexibility index (Phi) is 6.33. The summed E-state index contributed by atoms with van der Waals surface area (Å²) in [6.45, 7) is 2.27. The van der Waals surface area contributed by atoms with Gasteiger partial charge in [0.25, 0.3) is 11.8 Å². The Hall–Kier alpha value is -3.97. The standard InChI is InChI=1S/C28H27N3O4/c1-31-10-9-19-5-7-24(13-23(19)16-31)30-28(34)20-4-2-3-18(11-20)15-29-27(33)21-6-8-26-22(12-21)14-25(32)17-35-26/h2-8,11-13H,9-10,14-17H2,1H3,(H,29,33)(H,30,34). The average Bonchev–Trinajstić information content (AvgIpc) is 2.86. The lowest BCUT2D eigenvalue weighted by molar-refractivity contribution is -0.121. The van der Waals surface area contributed by atoms with Crippen molar-refractivity contribution in [3.05, 3.63) is 94.0 Å². The van der Waals surface area contributed by atoms with E-state index < -0.39 is 0 Å². The zero-order valence-corrected chi connectivity index (χ0v) is 19.6. The topological polar surface area (TPSA) is 87.7 Å². The van der Waals surface area contributed by atoms with Gasteiger partial charge in [-0.1, -0.05) is 18.2 Å². The average molecular weight is 470 g/mol. The van der Waals surface area contributed by atoms with Gasteiger partial charge in [-0.25, -0.2) is 0 Å². The van der Waals surface area contributed by atoms with Gasteiger partial charge in [0.1, 0.15) is 12.4 Å². The van der Waals surface area contributed by atoms with Crippen LogP contribution in [0.1, 0.15) is 43.0 Å². The van der Waals surface area contributed by atoms with Gasteiger partial charge in [-0.3, -0.25) is 14.4 Å². The number of Topliss-reactive ketones (excluding diaryl/α,β-unsaturated/α-hetero) is 1. The summed E-state index contributed by atoms with van der Waals surface area (Å²) in [6.07, 6.45) is 1.29. The quantitative estimate of drug-likeness (QED) is 0.598. The molecule has 2 aliphatic rings. The number of anilines is 1. The Balaban J connectivity index is 1.22. The van der Waals surface area contributed by atoms with E-state index in [-0.39, 0.29) is 37.2 Å².